The number of rotatable bonds is 21. The smallest absolute Gasteiger partial charge is 0.309 e. The molecule has 13 rings (SSSR count). The molecular formula is C105H126N8O17. The van der Waals surface area contributed by atoms with Crippen LogP contribution < -0.4 is 37.2 Å². The summed E-state index contributed by atoms with van der Waals surface area (Å²) >= 11 is 0. The van der Waals surface area contributed by atoms with Crippen molar-refractivity contribution in [3.05, 3.63) is 288 Å². The highest BCUT2D eigenvalue weighted by Crippen LogP contribution is 2.29. The molecule has 0 spiro atoms. The maximum absolute atomic E-state index is 13.0. The number of ether oxygens (including phenoxy) is 4. The van der Waals surface area contributed by atoms with Gasteiger partial charge in [0.05, 0.1) is 55.8 Å². The fraction of sp³-hybridized carbons (Fsp3) is 0.410. The van der Waals surface area contributed by atoms with Crippen LogP contribution in [0.2, 0.25) is 0 Å². The van der Waals surface area contributed by atoms with E-state index in [9.17, 15) is 57.5 Å². The lowest BCUT2D eigenvalue weighted by Gasteiger charge is -2.32. The number of carbonyl (C=O) groups is 12. The number of carboxylic acids is 1. The number of aliphatic carboxylic acids is 1. The van der Waals surface area contributed by atoms with Crippen LogP contribution in [0.4, 0.5) is 0 Å². The summed E-state index contributed by atoms with van der Waals surface area (Å²) < 4.78 is 22.3. The average Bonchev–Trinajstić information content (AvgIpc) is 0.873. The first-order valence-corrected chi connectivity index (χ1v) is 45.9. The number of nitrogens with zero attached hydrogens (tertiary/aromatic N) is 1. The second kappa shape index (κ2) is 55.7. The monoisotopic (exact) mass is 1770 g/mol. The molecule has 25 heteroatoms. The van der Waals surface area contributed by atoms with E-state index in [0.717, 1.165) is 71.4 Å². The third-order valence-electron chi connectivity index (χ3n) is 23.7. The number of cyclic esters (lactones) is 4. The topological polar surface area (TPSA) is 349 Å². The number of hydrogen-bond donors (Lipinski definition) is 8. The van der Waals surface area contributed by atoms with Crippen LogP contribution in [0.1, 0.15) is 205 Å². The lowest BCUT2D eigenvalue weighted by Crippen LogP contribution is -2.40. The minimum absolute atomic E-state index is 0.0541. The number of carboxylic acid groups (broad SMARTS) is 1. The summed E-state index contributed by atoms with van der Waals surface area (Å²) in [4.78, 5) is 151. The van der Waals surface area contributed by atoms with Gasteiger partial charge >= 0.3 is 29.8 Å². The Morgan fingerprint density at radius 1 is 0.377 bits per heavy atom. The van der Waals surface area contributed by atoms with Crippen LogP contribution in [-0.2, 0) is 89.6 Å². The zero-order valence-corrected chi connectivity index (χ0v) is 74.3. The number of nitrogens with one attached hydrogen (secondary N) is 7. The van der Waals surface area contributed by atoms with Gasteiger partial charge in [-0.25, -0.2) is 0 Å². The molecule has 1 aliphatic carbocycles. The second-order valence-corrected chi connectivity index (χ2v) is 33.7. The van der Waals surface area contributed by atoms with Crippen LogP contribution in [0.3, 0.4) is 0 Å². The molecule has 0 aromatic heterocycles. The number of benzene rings is 7. The highest BCUT2D eigenvalue weighted by molar-refractivity contribution is 5.88. The molecule has 7 amide bonds. The third-order valence-corrected chi connectivity index (χ3v) is 23.7. The Labute approximate surface area is 763 Å². The highest BCUT2D eigenvalue weighted by atomic mass is 16.6. The van der Waals surface area contributed by atoms with Crippen molar-refractivity contribution in [3.63, 3.8) is 0 Å². The van der Waals surface area contributed by atoms with Crippen molar-refractivity contribution in [2.24, 2.45) is 35.5 Å². The van der Waals surface area contributed by atoms with E-state index in [2.05, 4.69) is 78.5 Å². The van der Waals surface area contributed by atoms with E-state index < -0.39 is 60.0 Å². The fourth-order valence-corrected chi connectivity index (χ4v) is 16.1. The molecule has 5 aliphatic heterocycles. The summed E-state index contributed by atoms with van der Waals surface area (Å²) in [7, 11) is 0. The Morgan fingerprint density at radius 2 is 0.746 bits per heavy atom. The summed E-state index contributed by atoms with van der Waals surface area (Å²) in [5, 5.41) is 29.5. The standard InChI is InChI=1S/C31H39N3O4.C31H32N2O4.C25H34N2O4.C18H21NO5/c35-29(32-21-24-16-18-34(19-17-24)23-25-10-4-1-5-11-25)20-27-14-8-3-9-15-30(36)38-28(22-33-31(27)37)26-12-6-2-7-13-26;34-29(32-21-23-16-18-25(19-17-23)24-10-4-1-5-11-24)20-27-14-8-3-9-15-30(35)37-28(22-33-31(27)36)26-12-6-2-7-13-26;28-23-15-9-3-8-14-21(16-24(29)26-17-19-10-4-1-5-11-19)25(30)31-18-22(27-23)20-12-6-2-7-13-20;20-16(21)11-14-9-5-2-6-10-17(22)24-15(12-19-18(14)23)13-7-3-1-4-8-13/h1-8,10-13,24,27-28H,9,14-23H2,(H,32,35)(H,33,37);1-8,10-13,16-19,27-28H,9,14-15,20-22H2,(H,32,34)(H,33,36);2-3,6-8,12-13,19,21-22H,1,4-5,9-11,14-18H2,(H,26,29)(H,27,28);1-5,7-8,14-15H,6,9-12H2,(H,19,23)(H,20,21)/b3*8-3+;5-2+/t2*27-,28-;21-,22-;14-,15-/m0000/s1. The molecule has 130 heavy (non-hydrogen) atoms. The third kappa shape index (κ3) is 36.7. The first-order valence-electron chi connectivity index (χ1n) is 45.9. The largest absolute Gasteiger partial charge is 0.481 e. The quantitative estimate of drug-likeness (QED) is 0.0188. The van der Waals surface area contributed by atoms with Gasteiger partial charge in [0.15, 0.2) is 0 Å². The number of likely N-dealkylation sites (tertiary alicyclic amines) is 1. The van der Waals surface area contributed by atoms with E-state index in [1.165, 1.54) is 37.7 Å². The van der Waals surface area contributed by atoms with Crippen molar-refractivity contribution in [3.8, 4) is 11.1 Å². The predicted molar refractivity (Wildman–Crippen MR) is 496 cm³/mol. The molecule has 688 valence electrons. The summed E-state index contributed by atoms with van der Waals surface area (Å²) in [6, 6.07) is 65.7. The van der Waals surface area contributed by atoms with E-state index in [4.69, 9.17) is 24.1 Å². The van der Waals surface area contributed by atoms with Crippen molar-refractivity contribution < 1.29 is 81.6 Å². The molecule has 6 aliphatic rings. The first-order chi connectivity index (χ1) is 63.3. The van der Waals surface area contributed by atoms with E-state index in [0.29, 0.717) is 89.3 Å². The van der Waals surface area contributed by atoms with Gasteiger partial charge in [-0.05, 0) is 146 Å². The molecule has 0 unspecified atom stereocenters. The van der Waals surface area contributed by atoms with Gasteiger partial charge in [-0.3, -0.25) is 62.4 Å². The van der Waals surface area contributed by atoms with Crippen LogP contribution in [-0.4, -0.2) is 134 Å². The number of allylic oxidation sites excluding steroid dienone is 8. The van der Waals surface area contributed by atoms with Crippen molar-refractivity contribution in [2.45, 2.75) is 185 Å². The van der Waals surface area contributed by atoms with Crippen molar-refractivity contribution in [1.29, 1.82) is 0 Å². The van der Waals surface area contributed by atoms with Gasteiger partial charge in [0.25, 0.3) is 0 Å². The number of esters is 4. The zero-order chi connectivity index (χ0) is 91.7. The molecule has 7 aromatic rings. The number of amides is 7. The molecule has 7 aromatic carbocycles. The lowest BCUT2D eigenvalue weighted by atomic mass is 9.89. The Morgan fingerprint density at radius 3 is 1.18 bits per heavy atom. The second-order valence-electron chi connectivity index (χ2n) is 33.7. The van der Waals surface area contributed by atoms with Crippen LogP contribution in [0.5, 0.6) is 0 Å². The maximum atomic E-state index is 13.0. The zero-order valence-electron chi connectivity index (χ0n) is 74.3. The summed E-state index contributed by atoms with van der Waals surface area (Å²) in [6.07, 6.45) is 26.4. The Bertz CT molecular complexity index is 4830. The van der Waals surface area contributed by atoms with Crippen molar-refractivity contribution >= 4 is 71.2 Å². The van der Waals surface area contributed by atoms with Gasteiger partial charge in [0, 0.05) is 71.1 Å². The molecule has 0 bridgehead atoms. The fourth-order valence-electron chi connectivity index (χ4n) is 16.1. The first kappa shape index (κ1) is 99.3. The van der Waals surface area contributed by atoms with Gasteiger partial charge in [0.2, 0.25) is 41.4 Å². The molecule has 0 radical (unpaired) electrons. The van der Waals surface area contributed by atoms with Gasteiger partial charge in [-0.1, -0.05) is 274 Å². The van der Waals surface area contributed by atoms with E-state index in [-0.39, 0.29) is 130 Å². The summed E-state index contributed by atoms with van der Waals surface area (Å²) in [5.74, 6) is -4.68. The normalized spacial score (nSPS) is 22.6. The summed E-state index contributed by atoms with van der Waals surface area (Å²) in [5.41, 5.74) is 7.90. The molecular weight excluding hydrogens is 1650 g/mol. The van der Waals surface area contributed by atoms with E-state index in [1.54, 1.807) is 12.2 Å². The van der Waals surface area contributed by atoms with Crippen LogP contribution in [0, 0.1) is 35.5 Å². The van der Waals surface area contributed by atoms with Crippen molar-refractivity contribution in [2.75, 3.05) is 52.4 Å². The van der Waals surface area contributed by atoms with Crippen LogP contribution in [0.15, 0.2) is 255 Å². The number of carbonyl (C=O) groups excluding carboxylic acids is 11. The molecule has 8 N–H and O–H groups in total. The average molecular weight is 1770 g/mol. The SMILES string of the molecule is O=C(C[C@@H]1C/C=C/CCC(=O)N[C@H](c2ccccc2)COC1=O)NCC1CCCCC1.O=C(C[C@@H]1C/C=C/CCC(=O)O[C@H](c2ccccc2)CNC1=O)NCC1CCN(Cc2ccccc2)CC1.O=C(C[C@@H]1C/C=C/CCC(=O)O[C@H](c2ccccc2)CNC1=O)NCc1ccc(-c2ccccc2)cc1.O=C(O)C[C@@H]1C/C=C/CCC(=O)O[C@H](c2ccccc2)CNC1=O. The van der Waals surface area contributed by atoms with Crippen molar-refractivity contribution in [1.82, 2.24) is 42.1 Å². The van der Waals surface area contributed by atoms with E-state index >= 15 is 0 Å². The maximum Gasteiger partial charge on any atom is 0.309 e. The minimum atomic E-state index is -1.01. The van der Waals surface area contributed by atoms with Crippen LogP contribution in [0.25, 0.3) is 11.1 Å². The lowest BCUT2D eigenvalue weighted by molar-refractivity contribution is -0.151. The Kier molecular flexibility index (Phi) is 42.6. The molecule has 1 saturated heterocycles. The van der Waals surface area contributed by atoms with Gasteiger partial charge in [-0.15, -0.1) is 0 Å². The molecule has 1 saturated carbocycles. The summed E-state index contributed by atoms with van der Waals surface area (Å²) in [6.45, 7) is 5.26. The van der Waals surface area contributed by atoms with Gasteiger partial charge in [0.1, 0.15) is 24.9 Å². The highest BCUT2D eigenvalue weighted by Gasteiger charge is 2.31. The molecule has 8 atom stereocenters. The molecule has 25 nitrogen and oxygen atoms in total. The van der Waals surface area contributed by atoms with Gasteiger partial charge < -0.3 is 61.3 Å². The predicted octanol–water partition coefficient (Wildman–Crippen LogP) is 15.3. The Balaban J connectivity index is 0.000000183. The minimum Gasteiger partial charge on any atom is -0.481 e. The number of hydrogen-bond acceptors (Lipinski definition) is 17. The molecule has 2 fully saturated rings. The molecule has 5 heterocycles. The van der Waals surface area contributed by atoms with Gasteiger partial charge in [-0.2, -0.15) is 0 Å². The Hall–Kier alpha value is -12.9. The van der Waals surface area contributed by atoms with E-state index in [1.807, 2.05) is 206 Å². The number of piperidine rings is 1. The van der Waals surface area contributed by atoms with Crippen LogP contribution >= 0.6 is 0 Å².